The highest BCUT2D eigenvalue weighted by molar-refractivity contribution is 7.92. The van der Waals surface area contributed by atoms with Gasteiger partial charge >= 0.3 is 0 Å². The molecule has 114 valence electrons. The Labute approximate surface area is 127 Å². The molecule has 2 heterocycles. The predicted octanol–water partition coefficient (Wildman–Crippen LogP) is 1.34. The molecule has 0 aliphatic heterocycles. The third kappa shape index (κ3) is 3.17. The molecule has 2 N–H and O–H groups in total. The summed E-state index contributed by atoms with van der Waals surface area (Å²) in [4.78, 5) is 3.97. The largest absolute Gasteiger partial charge is 0.394 e. The minimum absolute atomic E-state index is 0.0628. The average molecular weight is 331 g/mol. The highest BCUT2D eigenvalue weighted by atomic mass is 35.5. The summed E-state index contributed by atoms with van der Waals surface area (Å²) in [5.74, 6) is 0.0628. The molecular formula is C12H15ClN4O3S. The second kappa shape index (κ2) is 6.00. The number of pyridine rings is 1. The fraction of sp³-hybridized carbons (Fsp3) is 0.333. The van der Waals surface area contributed by atoms with Crippen LogP contribution in [0.15, 0.2) is 23.2 Å². The van der Waals surface area contributed by atoms with Gasteiger partial charge in [0.05, 0.1) is 29.6 Å². The number of sulfonamides is 1. The van der Waals surface area contributed by atoms with Crippen LogP contribution in [-0.4, -0.2) is 34.9 Å². The summed E-state index contributed by atoms with van der Waals surface area (Å²) in [5, 5.41) is 13.3. The van der Waals surface area contributed by atoms with Crippen molar-refractivity contribution in [3.63, 3.8) is 0 Å². The number of rotatable bonds is 5. The molecule has 0 fully saturated rings. The molecule has 0 saturated heterocycles. The van der Waals surface area contributed by atoms with Gasteiger partial charge in [0.25, 0.3) is 10.0 Å². The van der Waals surface area contributed by atoms with Crippen LogP contribution in [0, 0.1) is 13.8 Å². The van der Waals surface area contributed by atoms with Gasteiger partial charge in [0.1, 0.15) is 4.90 Å². The molecule has 0 atom stereocenters. The second-order valence-electron chi connectivity index (χ2n) is 4.39. The molecule has 0 unspecified atom stereocenters. The Balaban J connectivity index is 2.43. The van der Waals surface area contributed by atoms with Gasteiger partial charge in [-0.15, -0.1) is 0 Å². The quantitative estimate of drug-likeness (QED) is 0.862. The maximum atomic E-state index is 12.5. The molecule has 0 radical (unpaired) electrons. The number of halogens is 1. The van der Waals surface area contributed by atoms with Crippen molar-refractivity contribution in [3.05, 3.63) is 34.7 Å². The van der Waals surface area contributed by atoms with E-state index in [-0.39, 0.29) is 28.9 Å². The highest BCUT2D eigenvalue weighted by Crippen LogP contribution is 2.25. The molecular weight excluding hydrogens is 316 g/mol. The standard InChI is InChI=1S/C12H15ClN4O3S/c1-8-11(9(2)17(15-8)6-7-18)21(19,20)16-12-10(13)4-3-5-14-12/h3-5,18H,6-7H2,1-2H3,(H,14,16). The summed E-state index contributed by atoms with van der Waals surface area (Å²) in [7, 11) is -3.86. The summed E-state index contributed by atoms with van der Waals surface area (Å²) in [6.45, 7) is 3.33. The minimum Gasteiger partial charge on any atom is -0.394 e. The van der Waals surface area contributed by atoms with E-state index in [0.717, 1.165) is 0 Å². The Hall–Kier alpha value is -1.64. The molecule has 0 amide bonds. The van der Waals surface area contributed by atoms with Gasteiger partial charge in [-0.3, -0.25) is 9.40 Å². The first-order valence-electron chi connectivity index (χ1n) is 6.15. The first kappa shape index (κ1) is 15.7. The first-order valence-corrected chi connectivity index (χ1v) is 8.01. The normalized spacial score (nSPS) is 11.6. The molecule has 2 rings (SSSR count). The number of hydrogen-bond acceptors (Lipinski definition) is 5. The van der Waals surface area contributed by atoms with Gasteiger partial charge in [0.15, 0.2) is 5.82 Å². The molecule has 2 aromatic heterocycles. The number of aryl methyl sites for hydroxylation is 1. The molecule has 7 nitrogen and oxygen atoms in total. The van der Waals surface area contributed by atoms with Crippen LogP contribution < -0.4 is 4.72 Å². The predicted molar refractivity (Wildman–Crippen MR) is 78.8 cm³/mol. The maximum Gasteiger partial charge on any atom is 0.266 e. The Kier molecular flexibility index (Phi) is 4.50. The lowest BCUT2D eigenvalue weighted by Gasteiger charge is -2.09. The number of nitrogens with zero attached hydrogens (tertiary/aromatic N) is 3. The average Bonchev–Trinajstić information content (AvgIpc) is 2.68. The van der Waals surface area contributed by atoms with Crippen molar-refractivity contribution in [3.8, 4) is 0 Å². The zero-order chi connectivity index (χ0) is 15.6. The molecule has 0 spiro atoms. The van der Waals surface area contributed by atoms with E-state index < -0.39 is 10.0 Å². The van der Waals surface area contributed by atoms with Crippen LogP contribution in [0.2, 0.25) is 5.02 Å². The van der Waals surface area contributed by atoms with E-state index in [9.17, 15) is 8.42 Å². The van der Waals surface area contributed by atoms with Crippen LogP contribution in [0.5, 0.6) is 0 Å². The lowest BCUT2D eigenvalue weighted by molar-refractivity contribution is 0.267. The molecule has 0 saturated carbocycles. The van der Waals surface area contributed by atoms with E-state index in [2.05, 4.69) is 14.8 Å². The number of aromatic nitrogens is 3. The van der Waals surface area contributed by atoms with Crippen LogP contribution in [0.4, 0.5) is 5.82 Å². The van der Waals surface area contributed by atoms with Crippen molar-refractivity contribution >= 4 is 27.4 Å². The zero-order valence-corrected chi connectivity index (χ0v) is 13.1. The zero-order valence-electron chi connectivity index (χ0n) is 11.5. The first-order chi connectivity index (χ1) is 9.86. The third-order valence-electron chi connectivity index (χ3n) is 2.89. The fourth-order valence-electron chi connectivity index (χ4n) is 2.02. The van der Waals surface area contributed by atoms with Crippen molar-refractivity contribution in [2.45, 2.75) is 25.3 Å². The Morgan fingerprint density at radius 3 is 2.76 bits per heavy atom. The SMILES string of the molecule is Cc1nn(CCO)c(C)c1S(=O)(=O)Nc1ncccc1Cl. The number of hydrogen-bond donors (Lipinski definition) is 2. The van der Waals surface area contributed by atoms with Crippen LogP contribution in [0.25, 0.3) is 0 Å². The molecule has 2 aromatic rings. The summed E-state index contributed by atoms with van der Waals surface area (Å²) >= 11 is 5.91. The minimum atomic E-state index is -3.86. The summed E-state index contributed by atoms with van der Waals surface area (Å²) in [5.41, 5.74) is 0.793. The topological polar surface area (TPSA) is 97.1 Å². The maximum absolute atomic E-state index is 12.5. The lowest BCUT2D eigenvalue weighted by Crippen LogP contribution is -2.16. The van der Waals surface area contributed by atoms with Crippen LogP contribution in [0.3, 0.4) is 0 Å². The number of anilines is 1. The molecule has 0 aliphatic rings. The number of nitrogens with one attached hydrogen (secondary N) is 1. The van der Waals surface area contributed by atoms with E-state index in [0.29, 0.717) is 11.4 Å². The van der Waals surface area contributed by atoms with Crippen molar-refractivity contribution in [1.29, 1.82) is 0 Å². The Morgan fingerprint density at radius 2 is 2.14 bits per heavy atom. The van der Waals surface area contributed by atoms with Crippen molar-refractivity contribution in [2.75, 3.05) is 11.3 Å². The van der Waals surface area contributed by atoms with E-state index in [1.54, 1.807) is 26.0 Å². The van der Waals surface area contributed by atoms with Gasteiger partial charge in [-0.2, -0.15) is 5.10 Å². The summed E-state index contributed by atoms with van der Waals surface area (Å²) < 4.78 is 28.8. The van der Waals surface area contributed by atoms with E-state index >= 15 is 0 Å². The molecule has 0 aliphatic carbocycles. The second-order valence-corrected chi connectivity index (χ2v) is 6.41. The van der Waals surface area contributed by atoms with Gasteiger partial charge in [-0.1, -0.05) is 11.6 Å². The lowest BCUT2D eigenvalue weighted by atomic mass is 10.4. The summed E-state index contributed by atoms with van der Waals surface area (Å²) in [6.07, 6.45) is 1.44. The molecule has 0 aromatic carbocycles. The fourth-order valence-corrected chi connectivity index (χ4v) is 3.69. The van der Waals surface area contributed by atoms with E-state index in [1.165, 1.54) is 10.9 Å². The Morgan fingerprint density at radius 1 is 1.43 bits per heavy atom. The molecule has 0 bridgehead atoms. The van der Waals surface area contributed by atoms with Crippen LogP contribution in [-0.2, 0) is 16.6 Å². The smallest absolute Gasteiger partial charge is 0.266 e. The highest BCUT2D eigenvalue weighted by Gasteiger charge is 2.25. The molecule has 21 heavy (non-hydrogen) atoms. The van der Waals surface area contributed by atoms with Crippen LogP contribution in [0.1, 0.15) is 11.4 Å². The van der Waals surface area contributed by atoms with Crippen molar-refractivity contribution in [1.82, 2.24) is 14.8 Å². The van der Waals surface area contributed by atoms with Gasteiger partial charge < -0.3 is 5.11 Å². The number of aliphatic hydroxyl groups excluding tert-OH is 1. The molecule has 9 heteroatoms. The van der Waals surface area contributed by atoms with E-state index in [1.807, 2.05) is 0 Å². The van der Waals surface area contributed by atoms with Crippen molar-refractivity contribution in [2.24, 2.45) is 0 Å². The monoisotopic (exact) mass is 330 g/mol. The van der Waals surface area contributed by atoms with Crippen LogP contribution >= 0.6 is 11.6 Å². The van der Waals surface area contributed by atoms with Gasteiger partial charge in [0, 0.05) is 6.20 Å². The van der Waals surface area contributed by atoms with Crippen molar-refractivity contribution < 1.29 is 13.5 Å². The number of aliphatic hydroxyl groups is 1. The summed E-state index contributed by atoms with van der Waals surface area (Å²) in [6, 6.07) is 3.15. The van der Waals surface area contributed by atoms with Gasteiger partial charge in [-0.05, 0) is 26.0 Å². The third-order valence-corrected chi connectivity index (χ3v) is 4.78. The van der Waals surface area contributed by atoms with Gasteiger partial charge in [0.2, 0.25) is 0 Å². The van der Waals surface area contributed by atoms with Gasteiger partial charge in [-0.25, -0.2) is 13.4 Å². The Bertz CT molecular complexity index is 758. The van der Waals surface area contributed by atoms with E-state index in [4.69, 9.17) is 16.7 Å².